The van der Waals surface area contributed by atoms with Crippen LogP contribution in [0.4, 0.5) is 0 Å². The summed E-state index contributed by atoms with van der Waals surface area (Å²) in [4.78, 5) is 0. The molecule has 19 valence electrons. The number of rotatable bonds is 0. The van der Waals surface area contributed by atoms with Crippen LogP contribution in [0.15, 0.2) is 0 Å². The Labute approximate surface area is 112 Å². The normalized spacial score (nSPS) is 0. The molecule has 0 aliphatic heterocycles. The molecule has 0 aromatic rings. The molecule has 0 aromatic heterocycles. The summed E-state index contributed by atoms with van der Waals surface area (Å²) < 4.78 is 0. The van der Waals surface area contributed by atoms with Crippen molar-refractivity contribution in [1.82, 2.24) is 0 Å². The molecule has 0 saturated carbocycles. The van der Waals surface area contributed by atoms with Crippen LogP contribution >= 0.6 is 0 Å². The molecule has 5 radical (unpaired) electrons. The maximum atomic E-state index is 0. The van der Waals surface area contributed by atoms with E-state index in [2.05, 4.69) is 0 Å². The summed E-state index contributed by atoms with van der Waals surface area (Å²) in [6.07, 6.45) is 0. The Balaban J connectivity index is 0. The molecule has 0 fully saturated rings. The van der Waals surface area contributed by atoms with Gasteiger partial charge in [-0.3, -0.25) is 0 Å². The molecular formula is H4BiCaOSr. The third kappa shape index (κ3) is 9.13. The zero-order valence-electron chi connectivity index (χ0n) is 0.855. The van der Waals surface area contributed by atoms with Crippen molar-refractivity contribution in [2.24, 2.45) is 0 Å². The Bertz CT molecular complexity index is 8.00. The van der Waals surface area contributed by atoms with Gasteiger partial charge in [0.1, 0.15) is 0 Å². The standard InChI is InChI=1S/Bi.Ca.O.Sr.4H. The van der Waals surface area contributed by atoms with Gasteiger partial charge in [0.25, 0.3) is 0 Å². The van der Waals surface area contributed by atoms with Crippen LogP contribution in [0, 0.1) is 0 Å². The van der Waals surface area contributed by atoms with E-state index in [0.717, 1.165) is 0 Å². The Morgan fingerprint density at radius 3 is 1.00 bits per heavy atom. The van der Waals surface area contributed by atoms with Crippen molar-refractivity contribution in [3.63, 3.8) is 0 Å². The van der Waals surface area contributed by atoms with Crippen molar-refractivity contribution in [3.8, 4) is 0 Å². The molecule has 0 aliphatic rings. The van der Waals surface area contributed by atoms with Gasteiger partial charge in [0.15, 0.2) is 0 Å². The molecule has 0 heterocycles. The second kappa shape index (κ2) is 16.0. The Morgan fingerprint density at radius 2 is 1.00 bits per heavy atom. The Morgan fingerprint density at radius 1 is 1.00 bits per heavy atom. The predicted molar refractivity (Wildman–Crippen MR) is 23.5 cm³/mol. The summed E-state index contributed by atoms with van der Waals surface area (Å²) in [6, 6.07) is 0. The monoisotopic (exact) mass is 357 g/mol. The van der Waals surface area contributed by atoms with Crippen LogP contribution in [-0.4, -0.2) is 109 Å². The molecule has 0 saturated heterocycles. The van der Waals surface area contributed by atoms with E-state index in [1.807, 2.05) is 0 Å². The van der Waals surface area contributed by atoms with Crippen LogP contribution in [-0.2, 0) is 5.48 Å². The average molecular weight is 357 g/mol. The molecule has 0 unspecified atom stereocenters. The van der Waals surface area contributed by atoms with E-state index >= 15 is 0 Å². The van der Waals surface area contributed by atoms with Crippen LogP contribution < -0.4 is 0 Å². The Hall–Kier alpha value is 3.58. The van der Waals surface area contributed by atoms with Gasteiger partial charge in [0, 0.05) is 31.7 Å². The molecule has 0 spiro atoms. The zero-order chi connectivity index (χ0) is 0. The van der Waals surface area contributed by atoms with E-state index < -0.39 is 0 Å². The van der Waals surface area contributed by atoms with Crippen molar-refractivity contribution in [2.75, 3.05) is 0 Å². The van der Waals surface area contributed by atoms with Crippen molar-refractivity contribution in [3.05, 3.63) is 0 Å². The number of hydrogen-bond acceptors (Lipinski definition) is 0. The van der Waals surface area contributed by atoms with E-state index in [1.165, 1.54) is 0 Å². The van der Waals surface area contributed by atoms with E-state index in [1.54, 1.807) is 0 Å². The van der Waals surface area contributed by atoms with Gasteiger partial charge >= 0.3 is 83.2 Å². The van der Waals surface area contributed by atoms with Gasteiger partial charge in [-0.1, -0.05) is 0 Å². The quantitative estimate of drug-likeness (QED) is 0.436. The second-order valence-corrected chi connectivity index (χ2v) is 0. The van der Waals surface area contributed by atoms with Crippen molar-refractivity contribution >= 4 is 109 Å². The first-order valence-electron chi connectivity index (χ1n) is 0. The molecule has 1 nitrogen and oxygen atoms in total. The van der Waals surface area contributed by atoms with Gasteiger partial charge in [-0.05, 0) is 0 Å². The minimum atomic E-state index is 0. The third-order valence-corrected chi connectivity index (χ3v) is 0. The van der Waals surface area contributed by atoms with Crippen LogP contribution in [0.2, 0.25) is 0 Å². The van der Waals surface area contributed by atoms with Gasteiger partial charge in [-0.2, -0.15) is 0 Å². The molecule has 0 bridgehead atoms. The topological polar surface area (TPSA) is 28.5 Å². The van der Waals surface area contributed by atoms with E-state index in [4.69, 9.17) is 0 Å². The minimum absolute atomic E-state index is 0. The summed E-state index contributed by atoms with van der Waals surface area (Å²) in [6.45, 7) is 0. The Kier molecular flexibility index (Phi) is 102. The molecule has 0 aliphatic carbocycles. The average Bonchev–Trinajstić information content (AvgIpc) is 0. The van der Waals surface area contributed by atoms with Gasteiger partial charge < -0.3 is 0 Å². The molecule has 4 heteroatoms. The van der Waals surface area contributed by atoms with E-state index in [-0.39, 0.29) is 115 Å². The first-order chi connectivity index (χ1) is 0. The van der Waals surface area contributed by atoms with Crippen LogP contribution in [0.25, 0.3) is 0 Å². The van der Waals surface area contributed by atoms with Crippen molar-refractivity contribution < 1.29 is 5.48 Å². The molecule has 0 rings (SSSR count). The summed E-state index contributed by atoms with van der Waals surface area (Å²) in [5.41, 5.74) is 0. The van der Waals surface area contributed by atoms with Gasteiger partial charge in [-0.15, -0.1) is 0 Å². The van der Waals surface area contributed by atoms with Gasteiger partial charge in [-0.25, -0.2) is 0 Å². The van der Waals surface area contributed by atoms with Crippen LogP contribution in [0.3, 0.4) is 0 Å². The fraction of sp³-hybridized carbons (Fsp3) is 0. The SMILES string of the molecule is [Bi].[CaH2].[O].[SrH2]. The predicted octanol–water partition coefficient (Wildman–Crippen LogP) is -2.33. The molecule has 0 N–H and O–H groups in total. The summed E-state index contributed by atoms with van der Waals surface area (Å²) in [5.74, 6) is 0. The molecule has 0 aromatic carbocycles. The van der Waals surface area contributed by atoms with E-state index in [9.17, 15) is 0 Å². The third-order valence-electron chi connectivity index (χ3n) is 0. The van der Waals surface area contributed by atoms with E-state index in [0.29, 0.717) is 0 Å². The fourth-order valence-corrected chi connectivity index (χ4v) is 0. The van der Waals surface area contributed by atoms with Crippen LogP contribution in [0.1, 0.15) is 0 Å². The molecular weight excluding hydrogens is 353 g/mol. The summed E-state index contributed by atoms with van der Waals surface area (Å²) in [5, 5.41) is 0. The number of hydrogen-bond donors (Lipinski definition) is 0. The molecule has 0 amide bonds. The van der Waals surface area contributed by atoms with Gasteiger partial charge in [0.05, 0.1) is 0 Å². The van der Waals surface area contributed by atoms with Crippen molar-refractivity contribution in [1.29, 1.82) is 0 Å². The second-order valence-electron chi connectivity index (χ2n) is 0. The van der Waals surface area contributed by atoms with Crippen molar-refractivity contribution in [2.45, 2.75) is 0 Å². The summed E-state index contributed by atoms with van der Waals surface area (Å²) >= 11 is 0. The first-order valence-corrected chi connectivity index (χ1v) is 0. The van der Waals surface area contributed by atoms with Crippen LogP contribution in [0.5, 0.6) is 0 Å². The molecule has 4 heavy (non-hydrogen) atoms. The first kappa shape index (κ1) is 25.6. The van der Waals surface area contributed by atoms with Gasteiger partial charge in [0.2, 0.25) is 0 Å². The zero-order valence-corrected chi connectivity index (χ0v) is 4.33. The fourth-order valence-electron chi connectivity index (χ4n) is 0. The summed E-state index contributed by atoms with van der Waals surface area (Å²) in [7, 11) is 0. The maximum absolute atomic E-state index is 0. The molecule has 0 atom stereocenters.